The van der Waals surface area contributed by atoms with Crippen molar-refractivity contribution in [2.75, 3.05) is 0 Å². The predicted molar refractivity (Wildman–Crippen MR) is 73.5 cm³/mol. The maximum Gasteiger partial charge on any atom is 0.117 e. The molecule has 1 aliphatic rings. The Morgan fingerprint density at radius 1 is 1.22 bits per heavy atom. The fraction of sp³-hybridized carbons (Fsp3) is 0.467. The summed E-state index contributed by atoms with van der Waals surface area (Å²) in [6.45, 7) is 0. The first-order valence-corrected chi connectivity index (χ1v) is 6.68. The second-order valence-corrected chi connectivity index (χ2v) is 5.57. The monoisotopic (exact) mass is 244 g/mol. The molecule has 3 nitrogen and oxygen atoms in total. The van der Waals surface area contributed by atoms with E-state index in [0.29, 0.717) is 5.75 Å². The van der Waals surface area contributed by atoms with E-state index in [0.717, 1.165) is 18.4 Å². The van der Waals surface area contributed by atoms with Crippen LogP contribution in [0.4, 0.5) is 0 Å². The summed E-state index contributed by atoms with van der Waals surface area (Å²) < 4.78 is 2.06. The number of phenols is 1. The van der Waals surface area contributed by atoms with Gasteiger partial charge in [-0.3, -0.25) is 0 Å². The molecule has 0 aliphatic heterocycles. The lowest BCUT2D eigenvalue weighted by Gasteiger charge is -2.33. The minimum atomic E-state index is -0.186. The maximum atomic E-state index is 9.59. The molecule has 3 N–H and O–H groups in total. The summed E-state index contributed by atoms with van der Waals surface area (Å²) in [6, 6.07) is 5.55. The van der Waals surface area contributed by atoms with Crippen LogP contribution in [0.25, 0.3) is 10.9 Å². The van der Waals surface area contributed by atoms with Crippen molar-refractivity contribution in [2.24, 2.45) is 12.8 Å². The highest BCUT2D eigenvalue weighted by Gasteiger charge is 2.32. The molecule has 0 spiro atoms. The minimum Gasteiger partial charge on any atom is -0.508 e. The van der Waals surface area contributed by atoms with Crippen LogP contribution in [0.1, 0.15) is 37.7 Å². The van der Waals surface area contributed by atoms with E-state index in [1.165, 1.54) is 30.2 Å². The molecule has 96 valence electrons. The number of phenolic OH excluding ortho intramolecular Hbond substituents is 1. The molecule has 0 bridgehead atoms. The molecule has 3 rings (SSSR count). The number of aromatic nitrogens is 1. The van der Waals surface area contributed by atoms with E-state index in [1.807, 2.05) is 19.2 Å². The molecular formula is C15H20N2O. The minimum absolute atomic E-state index is 0.186. The molecule has 0 saturated heterocycles. The lowest BCUT2D eigenvalue weighted by Crippen LogP contribution is -2.38. The van der Waals surface area contributed by atoms with Gasteiger partial charge in [-0.15, -0.1) is 0 Å². The molecule has 1 saturated carbocycles. The zero-order chi connectivity index (χ0) is 12.8. The van der Waals surface area contributed by atoms with E-state index in [2.05, 4.69) is 10.8 Å². The number of rotatable bonds is 1. The van der Waals surface area contributed by atoms with Crippen LogP contribution < -0.4 is 5.73 Å². The summed E-state index contributed by atoms with van der Waals surface area (Å²) in [5.41, 5.74) is 8.73. The SMILES string of the molecule is Cn1cc(C2(N)CCCCC2)c2ccc(O)cc21. The van der Waals surface area contributed by atoms with Gasteiger partial charge < -0.3 is 15.4 Å². The normalized spacial score (nSPS) is 19.2. The van der Waals surface area contributed by atoms with Crippen molar-refractivity contribution in [3.8, 4) is 5.75 Å². The van der Waals surface area contributed by atoms with Crippen molar-refractivity contribution in [3.63, 3.8) is 0 Å². The van der Waals surface area contributed by atoms with Crippen LogP contribution in [0.5, 0.6) is 5.75 Å². The van der Waals surface area contributed by atoms with E-state index >= 15 is 0 Å². The van der Waals surface area contributed by atoms with Gasteiger partial charge in [0.2, 0.25) is 0 Å². The van der Waals surface area contributed by atoms with Crippen molar-refractivity contribution >= 4 is 10.9 Å². The molecule has 2 aromatic rings. The molecule has 18 heavy (non-hydrogen) atoms. The number of fused-ring (bicyclic) bond motifs is 1. The maximum absolute atomic E-state index is 9.59. The quantitative estimate of drug-likeness (QED) is 0.810. The molecule has 1 aromatic carbocycles. The van der Waals surface area contributed by atoms with Crippen LogP contribution >= 0.6 is 0 Å². The summed E-state index contributed by atoms with van der Waals surface area (Å²) in [5, 5.41) is 10.8. The van der Waals surface area contributed by atoms with Gasteiger partial charge in [0, 0.05) is 30.2 Å². The molecule has 1 aromatic heterocycles. The summed E-state index contributed by atoms with van der Waals surface area (Å²) in [5.74, 6) is 0.310. The Labute approximate surface area is 107 Å². The van der Waals surface area contributed by atoms with Gasteiger partial charge >= 0.3 is 0 Å². The Kier molecular flexibility index (Phi) is 2.59. The number of benzene rings is 1. The molecule has 0 unspecified atom stereocenters. The van der Waals surface area contributed by atoms with Crippen LogP contribution in [0.3, 0.4) is 0 Å². The van der Waals surface area contributed by atoms with E-state index in [1.54, 1.807) is 6.07 Å². The Hall–Kier alpha value is -1.48. The third-order valence-electron chi connectivity index (χ3n) is 4.26. The molecule has 0 radical (unpaired) electrons. The van der Waals surface area contributed by atoms with Crippen molar-refractivity contribution < 1.29 is 5.11 Å². The molecule has 1 fully saturated rings. The van der Waals surface area contributed by atoms with E-state index in [4.69, 9.17) is 5.73 Å². The van der Waals surface area contributed by atoms with Gasteiger partial charge in [-0.05, 0) is 30.5 Å². The predicted octanol–water partition coefficient (Wildman–Crippen LogP) is 3.00. The fourth-order valence-electron chi connectivity index (χ4n) is 3.22. The second kappa shape index (κ2) is 4.02. The van der Waals surface area contributed by atoms with Crippen molar-refractivity contribution in [1.82, 2.24) is 4.57 Å². The largest absolute Gasteiger partial charge is 0.508 e. The van der Waals surface area contributed by atoms with Crippen LogP contribution in [0.15, 0.2) is 24.4 Å². The number of nitrogens with two attached hydrogens (primary N) is 1. The summed E-state index contributed by atoms with van der Waals surface area (Å²) in [7, 11) is 2.01. The molecule has 0 atom stereocenters. The third kappa shape index (κ3) is 1.70. The first-order chi connectivity index (χ1) is 8.60. The molecular weight excluding hydrogens is 224 g/mol. The average Bonchev–Trinajstić information content (AvgIpc) is 2.68. The van der Waals surface area contributed by atoms with Crippen LogP contribution in [-0.4, -0.2) is 9.67 Å². The summed E-state index contributed by atoms with van der Waals surface area (Å²) >= 11 is 0. The van der Waals surface area contributed by atoms with Gasteiger partial charge in [-0.2, -0.15) is 0 Å². The van der Waals surface area contributed by atoms with Crippen LogP contribution in [0, 0.1) is 0 Å². The molecule has 1 aliphatic carbocycles. The first kappa shape index (κ1) is 11.6. The van der Waals surface area contributed by atoms with E-state index < -0.39 is 0 Å². The highest BCUT2D eigenvalue weighted by molar-refractivity contribution is 5.86. The van der Waals surface area contributed by atoms with Crippen LogP contribution in [0.2, 0.25) is 0 Å². The van der Waals surface area contributed by atoms with Gasteiger partial charge in [0.25, 0.3) is 0 Å². The highest BCUT2D eigenvalue weighted by atomic mass is 16.3. The molecule has 1 heterocycles. The third-order valence-corrected chi connectivity index (χ3v) is 4.26. The molecule has 3 heteroatoms. The van der Waals surface area contributed by atoms with Crippen molar-refractivity contribution in [3.05, 3.63) is 30.0 Å². The smallest absolute Gasteiger partial charge is 0.117 e. The summed E-state index contributed by atoms with van der Waals surface area (Å²) in [6.07, 6.45) is 7.98. The Morgan fingerprint density at radius 3 is 2.67 bits per heavy atom. The van der Waals surface area contributed by atoms with Gasteiger partial charge in [0.05, 0.1) is 5.52 Å². The molecule has 0 amide bonds. The summed E-state index contributed by atoms with van der Waals surface area (Å²) in [4.78, 5) is 0. The fourth-order valence-corrected chi connectivity index (χ4v) is 3.22. The zero-order valence-corrected chi connectivity index (χ0v) is 10.8. The zero-order valence-electron chi connectivity index (χ0n) is 10.8. The number of aromatic hydroxyl groups is 1. The average molecular weight is 244 g/mol. The number of aryl methyl sites for hydroxylation is 1. The lowest BCUT2D eigenvalue weighted by atomic mass is 9.77. The van der Waals surface area contributed by atoms with Gasteiger partial charge in [0.1, 0.15) is 5.75 Å². The van der Waals surface area contributed by atoms with Gasteiger partial charge in [-0.25, -0.2) is 0 Å². The standard InChI is InChI=1S/C15H20N2O/c1-17-10-13(15(16)7-3-2-4-8-15)12-6-5-11(18)9-14(12)17/h5-6,9-10,18H,2-4,7-8,16H2,1H3. The number of nitrogens with zero attached hydrogens (tertiary/aromatic N) is 1. The lowest BCUT2D eigenvalue weighted by molar-refractivity contribution is 0.304. The topological polar surface area (TPSA) is 51.2 Å². The van der Waals surface area contributed by atoms with Gasteiger partial charge in [-0.1, -0.05) is 19.3 Å². The van der Waals surface area contributed by atoms with Crippen molar-refractivity contribution in [2.45, 2.75) is 37.6 Å². The van der Waals surface area contributed by atoms with Crippen molar-refractivity contribution in [1.29, 1.82) is 0 Å². The number of hydrogen-bond donors (Lipinski definition) is 2. The number of hydrogen-bond acceptors (Lipinski definition) is 2. The second-order valence-electron chi connectivity index (χ2n) is 5.57. The van der Waals surface area contributed by atoms with Gasteiger partial charge in [0.15, 0.2) is 0 Å². The van der Waals surface area contributed by atoms with E-state index in [-0.39, 0.29) is 5.54 Å². The van der Waals surface area contributed by atoms with Crippen LogP contribution in [-0.2, 0) is 12.6 Å². The highest BCUT2D eigenvalue weighted by Crippen LogP contribution is 2.39. The first-order valence-electron chi connectivity index (χ1n) is 6.68. The Balaban J connectivity index is 2.17. The Bertz CT molecular complexity index is 579. The van der Waals surface area contributed by atoms with E-state index in [9.17, 15) is 5.11 Å². The Morgan fingerprint density at radius 2 is 1.94 bits per heavy atom.